The minimum atomic E-state index is -1.34. The van der Waals surface area contributed by atoms with Crippen LogP contribution in [0.5, 0.6) is 0 Å². The molecule has 0 bridgehead atoms. The summed E-state index contributed by atoms with van der Waals surface area (Å²) in [5, 5.41) is 26.9. The minimum absolute atomic E-state index is 0.0250. The lowest BCUT2D eigenvalue weighted by Crippen LogP contribution is -2.24. The molecule has 0 unspecified atom stereocenters. The molecule has 0 aliphatic heterocycles. The maximum atomic E-state index is 11.7. The van der Waals surface area contributed by atoms with Crippen LogP contribution in [0.15, 0.2) is 60.7 Å². The van der Waals surface area contributed by atoms with Gasteiger partial charge in [0.15, 0.2) is 0 Å². The highest BCUT2D eigenvalue weighted by atomic mass is 16.4. The summed E-state index contributed by atoms with van der Waals surface area (Å²) in [4.78, 5) is 23.2. The molecule has 0 aliphatic rings. The molecular formula is C20H10O4-2. The van der Waals surface area contributed by atoms with E-state index in [-0.39, 0.29) is 11.1 Å². The summed E-state index contributed by atoms with van der Waals surface area (Å²) in [5.41, 5.74) is -0.0566. The first-order chi connectivity index (χ1) is 11.6. The van der Waals surface area contributed by atoms with Crippen molar-refractivity contribution in [2.75, 3.05) is 0 Å². The van der Waals surface area contributed by atoms with E-state index >= 15 is 0 Å². The van der Waals surface area contributed by atoms with Gasteiger partial charge in [0, 0.05) is 11.1 Å². The molecule has 0 amide bonds. The molecule has 4 aromatic rings. The van der Waals surface area contributed by atoms with Gasteiger partial charge in [-0.2, -0.15) is 0 Å². The molecule has 24 heavy (non-hydrogen) atoms. The number of carboxylic acids is 2. The maximum absolute atomic E-state index is 11.7. The minimum Gasteiger partial charge on any atom is -0.545 e. The summed E-state index contributed by atoms with van der Waals surface area (Å²) in [5.74, 6) is -2.68. The van der Waals surface area contributed by atoms with Crippen LogP contribution in [0.2, 0.25) is 0 Å². The van der Waals surface area contributed by atoms with E-state index in [9.17, 15) is 19.8 Å². The lowest BCUT2D eigenvalue weighted by Gasteiger charge is -2.16. The Morgan fingerprint density at radius 3 is 2.08 bits per heavy atom. The molecule has 0 aromatic heterocycles. The first-order valence-electron chi connectivity index (χ1n) is 7.38. The van der Waals surface area contributed by atoms with E-state index in [4.69, 9.17) is 0 Å². The predicted molar refractivity (Wildman–Crippen MR) is 87.6 cm³/mol. The third kappa shape index (κ3) is 1.93. The van der Waals surface area contributed by atoms with E-state index in [2.05, 4.69) is 0 Å². The van der Waals surface area contributed by atoms with Gasteiger partial charge in [-0.05, 0) is 38.4 Å². The van der Waals surface area contributed by atoms with Gasteiger partial charge < -0.3 is 19.8 Å². The van der Waals surface area contributed by atoms with Crippen molar-refractivity contribution in [3.05, 3.63) is 71.8 Å². The Balaban J connectivity index is 2.38. The summed E-state index contributed by atoms with van der Waals surface area (Å²) >= 11 is 0. The van der Waals surface area contributed by atoms with Crippen LogP contribution in [-0.4, -0.2) is 11.9 Å². The van der Waals surface area contributed by atoms with Gasteiger partial charge in [0.25, 0.3) is 0 Å². The first kappa shape index (κ1) is 14.2. The topological polar surface area (TPSA) is 80.3 Å². The Kier molecular flexibility index (Phi) is 3.00. The van der Waals surface area contributed by atoms with Gasteiger partial charge in [-0.25, -0.2) is 0 Å². The summed E-state index contributed by atoms with van der Waals surface area (Å²) in [6.07, 6.45) is 0. The van der Waals surface area contributed by atoms with Gasteiger partial charge in [0.2, 0.25) is 0 Å². The van der Waals surface area contributed by atoms with E-state index in [0.29, 0.717) is 21.5 Å². The quantitative estimate of drug-likeness (QED) is 0.529. The van der Waals surface area contributed by atoms with E-state index in [1.807, 2.05) is 30.3 Å². The SMILES string of the molecule is O=C([O-])c1cccc2ccc3c4ccccc4cc(C(=O)[O-])c3c12. The second-order valence-corrected chi connectivity index (χ2v) is 5.61. The van der Waals surface area contributed by atoms with Crippen molar-refractivity contribution in [1.29, 1.82) is 0 Å². The maximum Gasteiger partial charge on any atom is 0.0722 e. The van der Waals surface area contributed by atoms with Gasteiger partial charge in [-0.3, -0.25) is 0 Å². The summed E-state index contributed by atoms with van der Waals surface area (Å²) in [6.45, 7) is 0. The Morgan fingerprint density at radius 1 is 0.625 bits per heavy atom. The lowest BCUT2D eigenvalue weighted by molar-refractivity contribution is -0.256. The predicted octanol–water partition coefficient (Wildman–Crippen LogP) is 1.87. The number of rotatable bonds is 2. The number of hydrogen-bond donors (Lipinski definition) is 0. The normalized spacial score (nSPS) is 11.2. The summed E-state index contributed by atoms with van der Waals surface area (Å²) in [6, 6.07) is 17.3. The molecule has 0 aliphatic carbocycles. The number of benzene rings is 4. The van der Waals surface area contributed by atoms with Gasteiger partial charge in [0.1, 0.15) is 0 Å². The second kappa shape index (κ2) is 5.06. The number of aromatic carboxylic acids is 2. The molecule has 0 saturated carbocycles. The summed E-state index contributed by atoms with van der Waals surface area (Å²) in [7, 11) is 0. The fourth-order valence-corrected chi connectivity index (χ4v) is 3.31. The number of hydrogen-bond acceptors (Lipinski definition) is 4. The van der Waals surface area contributed by atoms with Crippen molar-refractivity contribution in [1.82, 2.24) is 0 Å². The highest BCUT2D eigenvalue weighted by molar-refractivity contribution is 6.26. The molecule has 4 heteroatoms. The average Bonchev–Trinajstić information content (AvgIpc) is 2.59. The van der Waals surface area contributed by atoms with E-state index in [1.165, 1.54) is 12.1 Å². The second-order valence-electron chi connectivity index (χ2n) is 5.61. The lowest BCUT2D eigenvalue weighted by atomic mass is 9.91. The monoisotopic (exact) mass is 314 g/mol. The molecule has 4 nitrogen and oxygen atoms in total. The third-order valence-electron chi connectivity index (χ3n) is 4.31. The molecule has 0 spiro atoms. The van der Waals surface area contributed by atoms with Gasteiger partial charge in [-0.1, -0.05) is 54.6 Å². The molecule has 4 rings (SSSR count). The molecule has 0 radical (unpaired) electrons. The van der Waals surface area contributed by atoms with Gasteiger partial charge in [-0.15, -0.1) is 0 Å². The van der Waals surface area contributed by atoms with Crippen LogP contribution >= 0.6 is 0 Å². The van der Waals surface area contributed by atoms with Crippen molar-refractivity contribution in [3.8, 4) is 0 Å². The largest absolute Gasteiger partial charge is 0.545 e. The van der Waals surface area contributed by atoms with E-state index in [0.717, 1.165) is 10.8 Å². The standard InChI is InChI=1S/C20H12O4/c21-19(22)15-7-3-5-11-8-9-14-13-6-2-1-4-12(13)10-16(20(23)24)18(14)17(11)15/h1-10H,(H,21,22)(H,23,24)/p-2. The van der Waals surface area contributed by atoms with Crippen LogP contribution in [-0.2, 0) is 0 Å². The molecule has 0 atom stereocenters. The Bertz CT molecular complexity index is 1160. The molecule has 0 heterocycles. The zero-order valence-electron chi connectivity index (χ0n) is 12.4. The van der Waals surface area contributed by atoms with Crippen LogP contribution in [0, 0.1) is 0 Å². The van der Waals surface area contributed by atoms with Crippen molar-refractivity contribution in [3.63, 3.8) is 0 Å². The van der Waals surface area contributed by atoms with E-state index in [1.54, 1.807) is 18.2 Å². The Labute approximate surface area is 136 Å². The molecular weight excluding hydrogens is 304 g/mol. The average molecular weight is 314 g/mol. The molecule has 0 fully saturated rings. The van der Waals surface area contributed by atoms with Crippen molar-refractivity contribution in [2.45, 2.75) is 0 Å². The Morgan fingerprint density at radius 2 is 1.33 bits per heavy atom. The van der Waals surface area contributed by atoms with Crippen molar-refractivity contribution in [2.24, 2.45) is 0 Å². The summed E-state index contributed by atoms with van der Waals surface area (Å²) < 4.78 is 0. The van der Waals surface area contributed by atoms with Crippen molar-refractivity contribution < 1.29 is 19.8 Å². The number of carbonyl (C=O) groups is 2. The molecule has 0 saturated heterocycles. The smallest absolute Gasteiger partial charge is 0.0722 e. The zero-order chi connectivity index (χ0) is 16.8. The molecule has 0 N–H and O–H groups in total. The van der Waals surface area contributed by atoms with Crippen molar-refractivity contribution >= 4 is 44.3 Å². The van der Waals surface area contributed by atoms with Crippen LogP contribution in [0.25, 0.3) is 32.3 Å². The fraction of sp³-hybridized carbons (Fsp3) is 0. The molecule has 116 valence electrons. The van der Waals surface area contributed by atoms with Crippen LogP contribution in [0.1, 0.15) is 20.7 Å². The van der Waals surface area contributed by atoms with Crippen LogP contribution in [0.3, 0.4) is 0 Å². The fourth-order valence-electron chi connectivity index (χ4n) is 3.31. The van der Waals surface area contributed by atoms with Crippen LogP contribution < -0.4 is 10.2 Å². The highest BCUT2D eigenvalue weighted by Crippen LogP contribution is 2.35. The Hall–Kier alpha value is -3.40. The number of carbonyl (C=O) groups excluding carboxylic acids is 2. The highest BCUT2D eigenvalue weighted by Gasteiger charge is 2.13. The number of carboxylic acid groups (broad SMARTS) is 2. The number of fused-ring (bicyclic) bond motifs is 5. The third-order valence-corrected chi connectivity index (χ3v) is 4.31. The van der Waals surface area contributed by atoms with Crippen LogP contribution in [0.4, 0.5) is 0 Å². The first-order valence-corrected chi connectivity index (χ1v) is 7.38. The van der Waals surface area contributed by atoms with Gasteiger partial charge in [0.05, 0.1) is 11.9 Å². The zero-order valence-corrected chi connectivity index (χ0v) is 12.4. The van der Waals surface area contributed by atoms with Gasteiger partial charge >= 0.3 is 0 Å². The molecule has 4 aromatic carbocycles. The van der Waals surface area contributed by atoms with E-state index < -0.39 is 11.9 Å².